The van der Waals surface area contributed by atoms with Gasteiger partial charge in [-0.3, -0.25) is 4.90 Å². The molecule has 1 fully saturated rings. The van der Waals surface area contributed by atoms with Gasteiger partial charge in [-0.05, 0) is 19.4 Å². The minimum absolute atomic E-state index is 0.0825. The highest BCUT2D eigenvalue weighted by Crippen LogP contribution is 2.30. The molecule has 1 N–H and O–H groups in total. The molecule has 1 saturated heterocycles. The number of sulfone groups is 1. The van der Waals surface area contributed by atoms with E-state index in [1.54, 1.807) is 24.4 Å². The number of hydrogen-bond donors (Lipinski definition) is 1. The van der Waals surface area contributed by atoms with Crippen LogP contribution in [0, 0.1) is 18.6 Å². The second-order valence-corrected chi connectivity index (χ2v) is 11.4. The van der Waals surface area contributed by atoms with Crippen LogP contribution in [-0.4, -0.2) is 66.7 Å². The summed E-state index contributed by atoms with van der Waals surface area (Å²) < 4.78 is 86.1. The normalized spacial score (nSPS) is 16.0. The van der Waals surface area contributed by atoms with Crippen LogP contribution in [0.25, 0.3) is 0 Å². The van der Waals surface area contributed by atoms with Gasteiger partial charge in [0.1, 0.15) is 5.82 Å². The van der Waals surface area contributed by atoms with Crippen molar-refractivity contribution in [1.82, 2.24) is 14.9 Å². The van der Waals surface area contributed by atoms with Crippen molar-refractivity contribution in [3.63, 3.8) is 0 Å². The molecule has 3 aromatic rings. The van der Waals surface area contributed by atoms with Crippen LogP contribution < -0.4 is 4.90 Å². The number of benzene rings is 1. The van der Waals surface area contributed by atoms with E-state index in [-0.39, 0.29) is 23.2 Å². The van der Waals surface area contributed by atoms with Gasteiger partial charge in [0.25, 0.3) is 0 Å². The number of hydrogen-bond acceptors (Lipinski definition) is 8. The van der Waals surface area contributed by atoms with Gasteiger partial charge < -0.3 is 10.0 Å². The van der Waals surface area contributed by atoms with E-state index in [1.807, 2.05) is 18.0 Å². The molecular formula is C24H25F5N4O4S2. The van der Waals surface area contributed by atoms with Gasteiger partial charge in [0.05, 0.1) is 28.8 Å². The second-order valence-electron chi connectivity index (χ2n) is 8.81. The predicted molar refractivity (Wildman–Crippen MR) is 134 cm³/mol. The van der Waals surface area contributed by atoms with E-state index in [0.29, 0.717) is 30.0 Å². The maximum atomic E-state index is 15.1. The molecule has 1 aromatic carbocycles. The van der Waals surface area contributed by atoms with Crippen LogP contribution in [-0.2, 0) is 26.9 Å². The van der Waals surface area contributed by atoms with Crippen molar-refractivity contribution in [2.24, 2.45) is 0 Å². The van der Waals surface area contributed by atoms with Gasteiger partial charge >= 0.3 is 12.1 Å². The van der Waals surface area contributed by atoms with Crippen molar-refractivity contribution < 1.29 is 40.3 Å². The van der Waals surface area contributed by atoms with Crippen molar-refractivity contribution in [3.8, 4) is 0 Å². The van der Waals surface area contributed by atoms with Crippen LogP contribution in [0.5, 0.6) is 0 Å². The number of likely N-dealkylation sites (N-methyl/N-ethyl adjacent to an activating group) is 1. The van der Waals surface area contributed by atoms with Crippen LogP contribution in [0.1, 0.15) is 23.2 Å². The van der Waals surface area contributed by atoms with Gasteiger partial charge in [-0.15, -0.1) is 11.3 Å². The Labute approximate surface area is 225 Å². The number of nitrogens with zero attached hydrogens (tertiary/aromatic N) is 4. The van der Waals surface area contributed by atoms with Gasteiger partial charge in [-0.1, -0.05) is 18.2 Å². The minimum atomic E-state index is -5.08. The molecule has 3 heterocycles. The van der Waals surface area contributed by atoms with Gasteiger partial charge in [0.15, 0.2) is 10.8 Å². The molecule has 212 valence electrons. The maximum Gasteiger partial charge on any atom is 0.490 e. The summed E-state index contributed by atoms with van der Waals surface area (Å²) in [6, 6.07) is 6.81. The molecule has 8 nitrogen and oxygen atoms in total. The zero-order chi connectivity index (χ0) is 29.0. The molecule has 0 unspecified atom stereocenters. The molecule has 15 heteroatoms. The number of aromatic nitrogens is 2. The van der Waals surface area contributed by atoms with Crippen molar-refractivity contribution in [1.29, 1.82) is 0 Å². The number of carboxylic acid groups (broad SMARTS) is 1. The van der Waals surface area contributed by atoms with Crippen molar-refractivity contribution >= 4 is 32.8 Å². The largest absolute Gasteiger partial charge is 0.490 e. The fourth-order valence-corrected chi connectivity index (χ4v) is 6.01. The molecule has 1 aliphatic rings. The number of halogens is 5. The third-order valence-electron chi connectivity index (χ3n) is 6.09. The second kappa shape index (κ2) is 12.3. The average molecular weight is 593 g/mol. The van der Waals surface area contributed by atoms with E-state index in [2.05, 4.69) is 14.9 Å². The third kappa shape index (κ3) is 7.70. The summed E-state index contributed by atoms with van der Waals surface area (Å²) >= 11 is 1.28. The molecule has 0 saturated carbocycles. The Bertz CT molecular complexity index is 1400. The van der Waals surface area contributed by atoms with Crippen molar-refractivity contribution in [2.75, 3.05) is 25.0 Å². The lowest BCUT2D eigenvalue weighted by atomic mass is 10.1. The molecule has 2 aromatic heterocycles. The van der Waals surface area contributed by atoms with E-state index in [0.717, 1.165) is 13.0 Å². The summed E-state index contributed by atoms with van der Waals surface area (Å²) in [6.07, 6.45) is -2.83. The Morgan fingerprint density at radius 3 is 2.49 bits per heavy atom. The molecular weight excluding hydrogens is 567 g/mol. The SMILES string of the molecule is Cc1c(N(C)[C@H]2CCN(Cc3ccccc3F)C2)cnc(S(=O)(=O)Cc2cscn2)c1F.O=C(O)C(F)(F)F. The van der Waals surface area contributed by atoms with Crippen LogP contribution in [0.2, 0.25) is 0 Å². The van der Waals surface area contributed by atoms with Crippen LogP contribution in [0.3, 0.4) is 0 Å². The number of carbonyl (C=O) groups is 1. The van der Waals surface area contributed by atoms with Crippen LogP contribution >= 0.6 is 11.3 Å². The lowest BCUT2D eigenvalue weighted by Crippen LogP contribution is -2.35. The highest BCUT2D eigenvalue weighted by Gasteiger charge is 2.38. The van der Waals surface area contributed by atoms with E-state index in [4.69, 9.17) is 9.90 Å². The van der Waals surface area contributed by atoms with E-state index in [9.17, 15) is 26.0 Å². The summed E-state index contributed by atoms with van der Waals surface area (Å²) in [5.41, 5.74) is 3.35. The molecule has 1 atom stereocenters. The first-order valence-corrected chi connectivity index (χ1v) is 14.0. The first-order valence-electron chi connectivity index (χ1n) is 11.4. The first kappa shape index (κ1) is 30.4. The number of likely N-dealkylation sites (tertiary alicyclic amines) is 1. The number of thiazole rings is 1. The number of rotatable bonds is 7. The zero-order valence-corrected chi connectivity index (χ0v) is 22.5. The maximum absolute atomic E-state index is 15.1. The molecule has 0 aliphatic carbocycles. The minimum Gasteiger partial charge on any atom is -0.475 e. The monoisotopic (exact) mass is 592 g/mol. The Morgan fingerprint density at radius 1 is 1.23 bits per heavy atom. The molecule has 0 amide bonds. The van der Waals surface area contributed by atoms with Crippen LogP contribution in [0.15, 0.2) is 46.4 Å². The predicted octanol–water partition coefficient (Wildman–Crippen LogP) is 4.44. The summed E-state index contributed by atoms with van der Waals surface area (Å²) in [6.45, 7) is 3.56. The average Bonchev–Trinajstić information content (AvgIpc) is 3.53. The summed E-state index contributed by atoms with van der Waals surface area (Å²) in [4.78, 5) is 21.0. The van der Waals surface area contributed by atoms with E-state index < -0.39 is 32.8 Å². The Morgan fingerprint density at radius 2 is 1.90 bits per heavy atom. The summed E-state index contributed by atoms with van der Waals surface area (Å²) in [5, 5.41) is 8.20. The third-order valence-corrected chi connectivity index (χ3v) is 8.28. The van der Waals surface area contributed by atoms with Gasteiger partial charge in [0, 0.05) is 49.2 Å². The molecule has 39 heavy (non-hydrogen) atoms. The van der Waals surface area contributed by atoms with Gasteiger partial charge in [0.2, 0.25) is 9.84 Å². The molecule has 1 aliphatic heterocycles. The van der Waals surface area contributed by atoms with E-state index >= 15 is 4.39 Å². The highest BCUT2D eigenvalue weighted by molar-refractivity contribution is 7.90. The Balaban J connectivity index is 0.000000532. The van der Waals surface area contributed by atoms with Gasteiger partial charge in [-0.25, -0.2) is 32.0 Å². The topological polar surface area (TPSA) is 104 Å². The fraction of sp³-hybridized carbons (Fsp3) is 0.375. The summed E-state index contributed by atoms with van der Waals surface area (Å²) in [5.74, 6) is -4.19. The summed E-state index contributed by atoms with van der Waals surface area (Å²) in [7, 11) is -2.10. The lowest BCUT2D eigenvalue weighted by Gasteiger charge is -2.28. The van der Waals surface area contributed by atoms with Crippen molar-refractivity contribution in [3.05, 3.63) is 69.8 Å². The standard InChI is InChI=1S/C22H24F2N4O2S2.C2HF3O2/c1-15-20(9-25-22(21(15)24)32(29,30)13-17-12-31-14-26-17)27(2)18-7-8-28(11-18)10-16-5-3-4-6-19(16)23;3-2(4,5)1(6)7/h3-6,9,12,14,18H,7-8,10-11,13H2,1-2H3;(H,6,7)/t18-;/m0./s1. The van der Waals surface area contributed by atoms with E-state index in [1.165, 1.54) is 29.1 Å². The number of aliphatic carboxylic acids is 1. The molecule has 0 radical (unpaired) electrons. The number of anilines is 1. The number of carboxylic acids is 1. The zero-order valence-electron chi connectivity index (χ0n) is 20.8. The fourth-order valence-electron chi connectivity index (χ4n) is 4.03. The first-order chi connectivity index (χ1) is 18.2. The Kier molecular flexibility index (Phi) is 9.61. The smallest absolute Gasteiger partial charge is 0.475 e. The Hall–Kier alpha value is -3.17. The molecule has 4 rings (SSSR count). The highest BCUT2D eigenvalue weighted by atomic mass is 32.2. The van der Waals surface area contributed by atoms with Crippen molar-refractivity contribution in [2.45, 2.75) is 42.9 Å². The van der Waals surface area contributed by atoms with Gasteiger partial charge in [-0.2, -0.15) is 13.2 Å². The molecule has 0 bridgehead atoms. The number of alkyl halides is 3. The molecule has 0 spiro atoms. The van der Waals surface area contributed by atoms with Crippen LogP contribution in [0.4, 0.5) is 27.6 Å². The quantitative estimate of drug-likeness (QED) is 0.402. The number of pyridine rings is 1. The lowest BCUT2D eigenvalue weighted by molar-refractivity contribution is -0.192.